The van der Waals surface area contributed by atoms with E-state index < -0.39 is 0 Å². The average Bonchev–Trinajstić information content (AvgIpc) is 2.87. The second kappa shape index (κ2) is 4.37. The molecule has 0 radical (unpaired) electrons. The van der Waals surface area contributed by atoms with Crippen molar-refractivity contribution in [1.29, 1.82) is 0 Å². The average molecular weight is 259 g/mol. The highest BCUT2D eigenvalue weighted by molar-refractivity contribution is 5.06. The lowest BCUT2D eigenvalue weighted by Gasteiger charge is -2.59. The molecule has 1 atom stereocenters. The summed E-state index contributed by atoms with van der Waals surface area (Å²) in [6, 6.07) is 4.68. The van der Waals surface area contributed by atoms with E-state index in [1.54, 1.807) is 6.26 Å². The van der Waals surface area contributed by atoms with Crippen molar-refractivity contribution in [2.45, 2.75) is 58.0 Å². The summed E-state index contributed by atoms with van der Waals surface area (Å²) in [5.74, 6) is 4.19. The van der Waals surface area contributed by atoms with E-state index in [-0.39, 0.29) is 0 Å². The van der Waals surface area contributed by atoms with Crippen LogP contribution in [0.4, 0.5) is 0 Å². The molecule has 0 aromatic carbocycles. The smallest absolute Gasteiger partial charge is 0.117 e. The summed E-state index contributed by atoms with van der Waals surface area (Å²) in [7, 11) is 0. The molecule has 0 spiro atoms. The Kier molecular flexibility index (Phi) is 2.77. The SMILES string of the molecule is C[C@@H](NCc1ccco1)C12CC3CC(CC(C3)C1)C2. The molecular formula is C17H25NO. The van der Waals surface area contributed by atoms with Gasteiger partial charge in [0, 0.05) is 6.04 Å². The molecular weight excluding hydrogens is 234 g/mol. The van der Waals surface area contributed by atoms with E-state index >= 15 is 0 Å². The molecule has 1 heterocycles. The van der Waals surface area contributed by atoms with Gasteiger partial charge in [0.1, 0.15) is 5.76 Å². The minimum absolute atomic E-state index is 0.599. The zero-order valence-electron chi connectivity index (χ0n) is 11.9. The topological polar surface area (TPSA) is 25.2 Å². The molecule has 19 heavy (non-hydrogen) atoms. The van der Waals surface area contributed by atoms with Crippen LogP contribution in [0.2, 0.25) is 0 Å². The second-order valence-electron chi connectivity index (χ2n) is 7.46. The zero-order chi connectivity index (χ0) is 12.9. The van der Waals surface area contributed by atoms with Gasteiger partial charge in [0.15, 0.2) is 0 Å². The first-order chi connectivity index (χ1) is 9.23. The summed E-state index contributed by atoms with van der Waals surface area (Å²) in [6.07, 6.45) is 10.8. The predicted octanol–water partition coefficient (Wildman–Crippen LogP) is 3.97. The molecule has 1 N–H and O–H groups in total. The number of nitrogens with one attached hydrogen (secondary N) is 1. The molecule has 4 aliphatic rings. The van der Waals surface area contributed by atoms with Crippen molar-refractivity contribution in [1.82, 2.24) is 5.32 Å². The van der Waals surface area contributed by atoms with Crippen LogP contribution in [0.5, 0.6) is 0 Å². The van der Waals surface area contributed by atoms with Gasteiger partial charge in [-0.05, 0) is 80.8 Å². The summed E-state index contributed by atoms with van der Waals surface area (Å²) in [6.45, 7) is 3.30. The van der Waals surface area contributed by atoms with Crippen molar-refractivity contribution in [3.63, 3.8) is 0 Å². The molecule has 0 unspecified atom stereocenters. The van der Waals surface area contributed by atoms with Crippen molar-refractivity contribution in [2.75, 3.05) is 0 Å². The van der Waals surface area contributed by atoms with Crippen molar-refractivity contribution >= 4 is 0 Å². The van der Waals surface area contributed by atoms with E-state index in [4.69, 9.17) is 4.42 Å². The van der Waals surface area contributed by atoms with Crippen LogP contribution < -0.4 is 5.32 Å². The lowest BCUT2D eigenvalue weighted by molar-refractivity contribution is -0.0708. The van der Waals surface area contributed by atoms with Crippen molar-refractivity contribution in [3.05, 3.63) is 24.2 Å². The Labute approximate surface area is 116 Å². The van der Waals surface area contributed by atoms with Crippen molar-refractivity contribution in [2.24, 2.45) is 23.2 Å². The highest BCUT2D eigenvalue weighted by Gasteiger charge is 2.52. The summed E-state index contributed by atoms with van der Waals surface area (Å²) in [5.41, 5.74) is 0.599. The van der Waals surface area contributed by atoms with Gasteiger partial charge >= 0.3 is 0 Å². The number of hydrogen-bond acceptors (Lipinski definition) is 2. The molecule has 5 rings (SSSR count). The molecule has 4 saturated carbocycles. The maximum Gasteiger partial charge on any atom is 0.117 e. The van der Waals surface area contributed by atoms with Gasteiger partial charge < -0.3 is 9.73 Å². The molecule has 0 amide bonds. The molecule has 104 valence electrons. The third-order valence-electron chi connectivity index (χ3n) is 6.17. The third-order valence-corrected chi connectivity index (χ3v) is 6.17. The predicted molar refractivity (Wildman–Crippen MR) is 75.6 cm³/mol. The molecule has 4 aliphatic carbocycles. The fraction of sp³-hybridized carbons (Fsp3) is 0.765. The minimum Gasteiger partial charge on any atom is -0.468 e. The maximum atomic E-state index is 5.44. The van der Waals surface area contributed by atoms with Crippen LogP contribution in [-0.4, -0.2) is 6.04 Å². The van der Waals surface area contributed by atoms with Gasteiger partial charge in [0.05, 0.1) is 12.8 Å². The third kappa shape index (κ3) is 2.05. The highest BCUT2D eigenvalue weighted by atomic mass is 16.3. The van der Waals surface area contributed by atoms with E-state index in [1.807, 2.05) is 6.07 Å². The zero-order valence-corrected chi connectivity index (χ0v) is 11.9. The van der Waals surface area contributed by atoms with Crippen LogP contribution >= 0.6 is 0 Å². The first-order valence-electron chi connectivity index (χ1n) is 7.99. The monoisotopic (exact) mass is 259 g/mol. The fourth-order valence-electron chi connectivity index (χ4n) is 5.59. The van der Waals surface area contributed by atoms with E-state index in [2.05, 4.69) is 18.3 Å². The summed E-state index contributed by atoms with van der Waals surface area (Å²) in [4.78, 5) is 0. The highest BCUT2D eigenvalue weighted by Crippen LogP contribution is 2.61. The van der Waals surface area contributed by atoms with Crippen molar-refractivity contribution < 1.29 is 4.42 Å². The largest absolute Gasteiger partial charge is 0.468 e. The van der Waals surface area contributed by atoms with Crippen LogP contribution in [0.15, 0.2) is 22.8 Å². The van der Waals surface area contributed by atoms with E-state index in [9.17, 15) is 0 Å². The van der Waals surface area contributed by atoms with Gasteiger partial charge in [0.25, 0.3) is 0 Å². The van der Waals surface area contributed by atoms with Crippen molar-refractivity contribution in [3.8, 4) is 0 Å². The van der Waals surface area contributed by atoms with Crippen LogP contribution in [-0.2, 0) is 6.54 Å². The van der Waals surface area contributed by atoms with Gasteiger partial charge in [-0.3, -0.25) is 0 Å². The summed E-state index contributed by atoms with van der Waals surface area (Å²) >= 11 is 0. The van der Waals surface area contributed by atoms with Gasteiger partial charge in [-0.2, -0.15) is 0 Å². The van der Waals surface area contributed by atoms with E-state index in [0.717, 1.165) is 30.1 Å². The van der Waals surface area contributed by atoms with Crippen LogP contribution in [0.1, 0.15) is 51.2 Å². The summed E-state index contributed by atoms with van der Waals surface area (Å²) < 4.78 is 5.44. The normalized spacial score (nSPS) is 41.6. The number of rotatable bonds is 4. The Hall–Kier alpha value is -0.760. The van der Waals surface area contributed by atoms with Crippen LogP contribution in [0, 0.1) is 23.2 Å². The molecule has 2 nitrogen and oxygen atoms in total. The first-order valence-corrected chi connectivity index (χ1v) is 7.99. The minimum atomic E-state index is 0.599. The maximum absolute atomic E-state index is 5.44. The Bertz CT molecular complexity index is 401. The molecule has 1 aromatic heterocycles. The molecule has 4 fully saturated rings. The quantitative estimate of drug-likeness (QED) is 0.885. The second-order valence-corrected chi connectivity index (χ2v) is 7.46. The van der Waals surface area contributed by atoms with Gasteiger partial charge in [0.2, 0.25) is 0 Å². The van der Waals surface area contributed by atoms with Crippen LogP contribution in [0.3, 0.4) is 0 Å². The first kappa shape index (κ1) is 12.0. The summed E-state index contributed by atoms with van der Waals surface area (Å²) in [5, 5.41) is 3.75. The van der Waals surface area contributed by atoms with E-state index in [0.29, 0.717) is 11.5 Å². The lowest BCUT2D eigenvalue weighted by atomic mass is 9.48. The Morgan fingerprint density at radius 3 is 2.37 bits per heavy atom. The Balaban J connectivity index is 1.45. The molecule has 2 heteroatoms. The molecule has 1 aromatic rings. The fourth-order valence-corrected chi connectivity index (χ4v) is 5.59. The Morgan fingerprint density at radius 2 is 1.84 bits per heavy atom. The van der Waals surface area contributed by atoms with E-state index in [1.165, 1.54) is 38.5 Å². The van der Waals surface area contributed by atoms with Gasteiger partial charge in [-0.25, -0.2) is 0 Å². The standard InChI is InChI=1S/C17H25NO/c1-12(18-11-16-3-2-4-19-16)17-8-13-5-14(9-17)7-15(6-13)10-17/h2-4,12-15,18H,5-11H2,1H3/t12-,13?,14?,15?,17?/m1/s1. The lowest BCUT2D eigenvalue weighted by Crippen LogP contribution is -2.54. The van der Waals surface area contributed by atoms with Crippen LogP contribution in [0.25, 0.3) is 0 Å². The number of hydrogen-bond donors (Lipinski definition) is 1. The molecule has 0 saturated heterocycles. The Morgan fingerprint density at radius 1 is 1.21 bits per heavy atom. The van der Waals surface area contributed by atoms with Gasteiger partial charge in [-0.15, -0.1) is 0 Å². The van der Waals surface area contributed by atoms with Gasteiger partial charge in [-0.1, -0.05) is 0 Å². The molecule has 4 bridgehead atoms. The number of furan rings is 1. The molecule has 0 aliphatic heterocycles.